The Bertz CT molecular complexity index is 506. The van der Waals surface area contributed by atoms with Crippen LogP contribution in [0.4, 0.5) is 0 Å². The third kappa shape index (κ3) is 4.24. The summed E-state index contributed by atoms with van der Waals surface area (Å²) in [6.45, 7) is 0. The van der Waals surface area contributed by atoms with Crippen LogP contribution in [0.15, 0.2) is 35.9 Å². The van der Waals surface area contributed by atoms with Crippen molar-refractivity contribution in [2.75, 3.05) is 0 Å². The maximum Gasteiger partial charge on any atom is 0.262 e. The van der Waals surface area contributed by atoms with Gasteiger partial charge in [0.2, 0.25) is 0 Å². The molecule has 0 unspecified atom stereocenters. The van der Waals surface area contributed by atoms with E-state index in [0.717, 1.165) is 31.2 Å². The highest BCUT2D eigenvalue weighted by atomic mass is 16.1. The molecule has 1 aliphatic carbocycles. The largest absolute Gasteiger partial charge is 0.349 e. The quantitative estimate of drug-likeness (QED) is 0.518. The first-order chi connectivity index (χ1) is 9.79. The SMILES string of the molecule is N#C/C(=C/c1ccccc1)C(=O)NC1CCCCCC1. The van der Waals surface area contributed by atoms with Gasteiger partial charge in [-0.2, -0.15) is 5.26 Å². The molecular weight excluding hydrogens is 248 g/mol. The second kappa shape index (κ2) is 7.49. The number of hydrogen-bond acceptors (Lipinski definition) is 2. The number of carbonyl (C=O) groups excluding carboxylic acids is 1. The standard InChI is InChI=1S/C17H20N2O/c18-13-15(12-14-8-4-3-5-9-14)17(20)19-16-10-6-1-2-7-11-16/h3-5,8-9,12,16H,1-2,6-7,10-11H2,(H,19,20)/b15-12-. The fraction of sp³-hybridized carbons (Fsp3) is 0.412. The van der Waals surface area contributed by atoms with E-state index in [-0.39, 0.29) is 17.5 Å². The number of rotatable bonds is 3. The van der Waals surface area contributed by atoms with Crippen molar-refractivity contribution in [2.45, 2.75) is 44.6 Å². The van der Waals surface area contributed by atoms with E-state index in [1.807, 2.05) is 36.4 Å². The van der Waals surface area contributed by atoms with Crippen LogP contribution in [0.1, 0.15) is 44.1 Å². The molecule has 0 saturated heterocycles. The Morgan fingerprint density at radius 1 is 1.15 bits per heavy atom. The average Bonchev–Trinajstić information content (AvgIpc) is 2.74. The smallest absolute Gasteiger partial charge is 0.262 e. The molecule has 104 valence electrons. The van der Waals surface area contributed by atoms with Gasteiger partial charge in [0.05, 0.1) is 0 Å². The summed E-state index contributed by atoms with van der Waals surface area (Å²) in [5, 5.41) is 12.2. The highest BCUT2D eigenvalue weighted by molar-refractivity contribution is 6.01. The van der Waals surface area contributed by atoms with Gasteiger partial charge in [-0.3, -0.25) is 4.79 Å². The number of benzene rings is 1. The van der Waals surface area contributed by atoms with E-state index < -0.39 is 0 Å². The molecule has 1 aromatic rings. The third-order valence-electron chi connectivity index (χ3n) is 3.67. The van der Waals surface area contributed by atoms with Gasteiger partial charge in [-0.1, -0.05) is 56.0 Å². The molecule has 1 amide bonds. The van der Waals surface area contributed by atoms with Gasteiger partial charge in [0, 0.05) is 6.04 Å². The molecule has 0 atom stereocenters. The highest BCUT2D eigenvalue weighted by Gasteiger charge is 2.17. The molecule has 20 heavy (non-hydrogen) atoms. The minimum absolute atomic E-state index is 0.181. The number of nitrogens with zero attached hydrogens (tertiary/aromatic N) is 1. The van der Waals surface area contributed by atoms with Gasteiger partial charge in [0.1, 0.15) is 11.6 Å². The van der Waals surface area contributed by atoms with Gasteiger partial charge in [-0.05, 0) is 24.5 Å². The zero-order chi connectivity index (χ0) is 14.2. The second-order valence-corrected chi connectivity index (χ2v) is 5.24. The predicted molar refractivity (Wildman–Crippen MR) is 79.7 cm³/mol. The molecular formula is C17H20N2O. The lowest BCUT2D eigenvalue weighted by atomic mass is 10.1. The number of hydrogen-bond donors (Lipinski definition) is 1. The first kappa shape index (κ1) is 14.3. The molecule has 2 rings (SSSR count). The predicted octanol–water partition coefficient (Wildman–Crippen LogP) is 3.43. The van der Waals surface area contributed by atoms with Crippen molar-refractivity contribution in [3.63, 3.8) is 0 Å². The van der Waals surface area contributed by atoms with Crippen LogP contribution in [0.2, 0.25) is 0 Å². The number of nitriles is 1. The van der Waals surface area contributed by atoms with E-state index in [9.17, 15) is 4.79 Å². The molecule has 1 aliphatic rings. The van der Waals surface area contributed by atoms with Crippen molar-refractivity contribution in [2.24, 2.45) is 0 Å². The normalized spacial score (nSPS) is 17.1. The lowest BCUT2D eigenvalue weighted by Crippen LogP contribution is -2.35. The van der Waals surface area contributed by atoms with Gasteiger partial charge in [0.15, 0.2) is 0 Å². The molecule has 0 aromatic heterocycles. The van der Waals surface area contributed by atoms with E-state index in [4.69, 9.17) is 5.26 Å². The number of carbonyl (C=O) groups is 1. The Morgan fingerprint density at radius 3 is 2.40 bits per heavy atom. The maximum atomic E-state index is 12.2. The minimum atomic E-state index is -0.247. The van der Waals surface area contributed by atoms with Crippen molar-refractivity contribution in [3.05, 3.63) is 41.5 Å². The molecule has 0 spiro atoms. The summed E-state index contributed by atoms with van der Waals surface area (Å²) in [6, 6.07) is 11.7. The zero-order valence-electron chi connectivity index (χ0n) is 11.6. The van der Waals surface area contributed by atoms with Crippen molar-refractivity contribution < 1.29 is 4.79 Å². The molecule has 1 saturated carbocycles. The summed E-state index contributed by atoms with van der Waals surface area (Å²) >= 11 is 0. The van der Waals surface area contributed by atoms with E-state index in [1.54, 1.807) is 6.08 Å². The summed E-state index contributed by atoms with van der Waals surface area (Å²) in [5.41, 5.74) is 1.06. The third-order valence-corrected chi connectivity index (χ3v) is 3.67. The highest BCUT2D eigenvalue weighted by Crippen LogP contribution is 2.17. The molecule has 0 bridgehead atoms. The molecule has 1 aromatic carbocycles. The lowest BCUT2D eigenvalue weighted by molar-refractivity contribution is -0.117. The Balaban J connectivity index is 2.02. The van der Waals surface area contributed by atoms with Crippen LogP contribution < -0.4 is 5.32 Å². The second-order valence-electron chi connectivity index (χ2n) is 5.24. The van der Waals surface area contributed by atoms with Gasteiger partial charge in [-0.25, -0.2) is 0 Å². The zero-order valence-corrected chi connectivity index (χ0v) is 11.6. The Morgan fingerprint density at radius 2 is 1.80 bits per heavy atom. The van der Waals surface area contributed by atoms with Crippen LogP contribution in [0.5, 0.6) is 0 Å². The minimum Gasteiger partial charge on any atom is -0.349 e. The summed E-state index contributed by atoms with van der Waals surface area (Å²) in [6.07, 6.45) is 8.51. The Kier molecular flexibility index (Phi) is 5.37. The van der Waals surface area contributed by atoms with Crippen LogP contribution >= 0.6 is 0 Å². The average molecular weight is 268 g/mol. The van der Waals surface area contributed by atoms with Crippen LogP contribution in [0, 0.1) is 11.3 Å². The van der Waals surface area contributed by atoms with Gasteiger partial charge in [-0.15, -0.1) is 0 Å². The molecule has 1 N–H and O–H groups in total. The molecule has 0 aliphatic heterocycles. The van der Waals surface area contributed by atoms with Crippen LogP contribution in [-0.4, -0.2) is 11.9 Å². The lowest BCUT2D eigenvalue weighted by Gasteiger charge is -2.15. The maximum absolute atomic E-state index is 12.2. The van der Waals surface area contributed by atoms with Crippen molar-refractivity contribution >= 4 is 12.0 Å². The fourth-order valence-corrected chi connectivity index (χ4v) is 2.55. The molecule has 0 radical (unpaired) electrons. The van der Waals surface area contributed by atoms with E-state index in [1.165, 1.54) is 12.8 Å². The van der Waals surface area contributed by atoms with Crippen molar-refractivity contribution in [1.29, 1.82) is 5.26 Å². The van der Waals surface area contributed by atoms with Crippen LogP contribution in [-0.2, 0) is 4.79 Å². The Labute approximate surface area is 120 Å². The number of amides is 1. The van der Waals surface area contributed by atoms with Crippen LogP contribution in [0.3, 0.4) is 0 Å². The van der Waals surface area contributed by atoms with Crippen LogP contribution in [0.25, 0.3) is 6.08 Å². The Hall–Kier alpha value is -2.08. The number of nitrogens with one attached hydrogen (secondary N) is 1. The molecule has 1 fully saturated rings. The summed E-state index contributed by atoms with van der Waals surface area (Å²) < 4.78 is 0. The summed E-state index contributed by atoms with van der Waals surface area (Å²) in [4.78, 5) is 12.2. The summed E-state index contributed by atoms with van der Waals surface area (Å²) in [7, 11) is 0. The van der Waals surface area contributed by atoms with E-state index in [2.05, 4.69) is 5.32 Å². The molecule has 0 heterocycles. The van der Waals surface area contributed by atoms with Gasteiger partial charge in [0.25, 0.3) is 5.91 Å². The summed E-state index contributed by atoms with van der Waals surface area (Å²) in [5.74, 6) is -0.247. The first-order valence-electron chi connectivity index (χ1n) is 7.27. The monoisotopic (exact) mass is 268 g/mol. The topological polar surface area (TPSA) is 52.9 Å². The van der Waals surface area contributed by atoms with Crippen molar-refractivity contribution in [1.82, 2.24) is 5.32 Å². The van der Waals surface area contributed by atoms with E-state index in [0.29, 0.717) is 0 Å². The molecule has 3 nitrogen and oxygen atoms in total. The van der Waals surface area contributed by atoms with Crippen molar-refractivity contribution in [3.8, 4) is 6.07 Å². The first-order valence-corrected chi connectivity index (χ1v) is 7.27. The molecule has 3 heteroatoms. The van der Waals surface area contributed by atoms with E-state index >= 15 is 0 Å². The van der Waals surface area contributed by atoms with Gasteiger partial charge >= 0.3 is 0 Å². The van der Waals surface area contributed by atoms with Gasteiger partial charge < -0.3 is 5.32 Å². The fourth-order valence-electron chi connectivity index (χ4n) is 2.55.